The average molecular weight is 415 g/mol. The van der Waals surface area contributed by atoms with E-state index in [0.717, 1.165) is 6.42 Å². The maximum atomic E-state index is 12.5. The molecule has 1 N–H and O–H groups in total. The van der Waals surface area contributed by atoms with E-state index in [9.17, 15) is 19.2 Å². The molecule has 0 saturated heterocycles. The van der Waals surface area contributed by atoms with Crippen molar-refractivity contribution in [3.63, 3.8) is 0 Å². The van der Waals surface area contributed by atoms with Crippen molar-refractivity contribution in [1.82, 2.24) is 0 Å². The van der Waals surface area contributed by atoms with E-state index in [1.54, 1.807) is 48.5 Å². The van der Waals surface area contributed by atoms with Crippen LogP contribution in [0.2, 0.25) is 0 Å². The molecule has 3 rings (SSSR count). The zero-order valence-corrected chi connectivity index (χ0v) is 17.0. The number of nitrogens with one attached hydrogen (secondary N) is 1. The SMILES string of the molecule is CCCOC(=O)c1cccc(NC(=O)c2ccc(C(=O)C(=O)c3ccccc3)cc2)c1. The van der Waals surface area contributed by atoms with Crippen molar-refractivity contribution in [2.24, 2.45) is 0 Å². The number of esters is 1. The number of ketones is 2. The Kier molecular flexibility index (Phi) is 7.06. The van der Waals surface area contributed by atoms with Gasteiger partial charge in [-0.2, -0.15) is 0 Å². The standard InChI is InChI=1S/C25H21NO5/c1-2-15-31-25(30)20-9-6-10-21(16-20)26-24(29)19-13-11-18(12-14-19)23(28)22(27)17-7-4-3-5-8-17/h3-14,16H,2,15H2,1H3,(H,26,29). The van der Waals surface area contributed by atoms with Crippen molar-refractivity contribution in [2.75, 3.05) is 11.9 Å². The second-order valence-corrected chi connectivity index (χ2v) is 6.77. The number of hydrogen-bond donors (Lipinski definition) is 1. The van der Waals surface area contributed by atoms with E-state index in [0.29, 0.717) is 29.0 Å². The first-order valence-corrected chi connectivity index (χ1v) is 9.82. The summed E-state index contributed by atoms with van der Waals surface area (Å²) in [5.41, 5.74) is 1.60. The summed E-state index contributed by atoms with van der Waals surface area (Å²) < 4.78 is 5.10. The fourth-order valence-corrected chi connectivity index (χ4v) is 2.83. The number of benzene rings is 3. The lowest BCUT2D eigenvalue weighted by atomic mass is 10.0. The molecular weight excluding hydrogens is 394 g/mol. The third-order valence-electron chi connectivity index (χ3n) is 4.44. The minimum atomic E-state index is -0.642. The molecule has 0 spiro atoms. The van der Waals surface area contributed by atoms with E-state index in [2.05, 4.69) is 5.32 Å². The van der Waals surface area contributed by atoms with Crippen LogP contribution in [0, 0.1) is 0 Å². The number of hydrogen-bond acceptors (Lipinski definition) is 5. The first-order valence-electron chi connectivity index (χ1n) is 9.82. The fraction of sp³-hybridized carbons (Fsp3) is 0.120. The minimum absolute atomic E-state index is 0.200. The van der Waals surface area contributed by atoms with Crippen molar-refractivity contribution in [3.8, 4) is 0 Å². The van der Waals surface area contributed by atoms with Crippen LogP contribution in [-0.4, -0.2) is 30.0 Å². The zero-order valence-electron chi connectivity index (χ0n) is 17.0. The van der Waals surface area contributed by atoms with Crippen molar-refractivity contribution >= 4 is 29.1 Å². The van der Waals surface area contributed by atoms with Gasteiger partial charge in [-0.1, -0.05) is 55.5 Å². The molecule has 3 aromatic rings. The largest absolute Gasteiger partial charge is 0.462 e. The van der Waals surface area contributed by atoms with Crippen LogP contribution in [0.1, 0.15) is 54.8 Å². The molecule has 0 aliphatic carbocycles. The summed E-state index contributed by atoms with van der Waals surface area (Å²) in [7, 11) is 0. The van der Waals surface area contributed by atoms with E-state index < -0.39 is 23.4 Å². The van der Waals surface area contributed by atoms with E-state index in [4.69, 9.17) is 4.74 Å². The number of carbonyl (C=O) groups excluding carboxylic acids is 4. The van der Waals surface area contributed by atoms with Gasteiger partial charge in [-0.05, 0) is 36.8 Å². The smallest absolute Gasteiger partial charge is 0.338 e. The number of ether oxygens (including phenoxy) is 1. The second-order valence-electron chi connectivity index (χ2n) is 6.77. The van der Waals surface area contributed by atoms with Gasteiger partial charge in [0.05, 0.1) is 12.2 Å². The molecule has 3 aromatic carbocycles. The second kappa shape index (κ2) is 10.1. The van der Waals surface area contributed by atoms with E-state index in [-0.39, 0.29) is 5.56 Å². The lowest BCUT2D eigenvalue weighted by Gasteiger charge is -2.08. The molecule has 31 heavy (non-hydrogen) atoms. The maximum absolute atomic E-state index is 12.5. The van der Waals surface area contributed by atoms with Gasteiger partial charge in [0.15, 0.2) is 0 Å². The Bertz CT molecular complexity index is 1100. The summed E-state index contributed by atoms with van der Waals surface area (Å²) in [6.45, 7) is 2.23. The summed E-state index contributed by atoms with van der Waals surface area (Å²) in [6, 6.07) is 20.6. The average Bonchev–Trinajstić information content (AvgIpc) is 2.82. The van der Waals surface area contributed by atoms with Crippen LogP contribution in [0.15, 0.2) is 78.9 Å². The van der Waals surface area contributed by atoms with Crippen molar-refractivity contribution in [2.45, 2.75) is 13.3 Å². The third-order valence-corrected chi connectivity index (χ3v) is 4.44. The number of rotatable bonds is 8. The highest BCUT2D eigenvalue weighted by Crippen LogP contribution is 2.15. The third kappa shape index (κ3) is 5.51. The van der Waals surface area contributed by atoms with Gasteiger partial charge in [0.2, 0.25) is 11.6 Å². The Morgan fingerprint density at radius 1 is 0.710 bits per heavy atom. The number of anilines is 1. The molecule has 0 fully saturated rings. The quantitative estimate of drug-likeness (QED) is 0.331. The van der Waals surface area contributed by atoms with Crippen LogP contribution in [0.4, 0.5) is 5.69 Å². The van der Waals surface area contributed by atoms with Gasteiger partial charge in [0, 0.05) is 22.4 Å². The molecule has 6 heteroatoms. The molecule has 0 radical (unpaired) electrons. The van der Waals surface area contributed by atoms with Crippen LogP contribution in [0.25, 0.3) is 0 Å². The molecule has 156 valence electrons. The normalized spacial score (nSPS) is 10.2. The summed E-state index contributed by atoms with van der Waals surface area (Å²) >= 11 is 0. The molecule has 0 heterocycles. The zero-order chi connectivity index (χ0) is 22.2. The Hall–Kier alpha value is -4.06. The molecule has 0 saturated carbocycles. The van der Waals surface area contributed by atoms with Gasteiger partial charge < -0.3 is 10.1 Å². The van der Waals surface area contributed by atoms with Gasteiger partial charge in [0.1, 0.15) is 0 Å². The van der Waals surface area contributed by atoms with Gasteiger partial charge in [-0.3, -0.25) is 14.4 Å². The number of carbonyl (C=O) groups is 4. The molecular formula is C25H21NO5. The van der Waals surface area contributed by atoms with Gasteiger partial charge >= 0.3 is 5.97 Å². The van der Waals surface area contributed by atoms with E-state index in [1.807, 2.05) is 6.92 Å². The Morgan fingerprint density at radius 3 is 1.94 bits per heavy atom. The first-order chi connectivity index (χ1) is 15.0. The highest BCUT2D eigenvalue weighted by Gasteiger charge is 2.18. The summed E-state index contributed by atoms with van der Waals surface area (Å²) in [5.74, 6) is -2.11. The molecule has 0 aliphatic heterocycles. The molecule has 0 unspecified atom stereocenters. The van der Waals surface area contributed by atoms with Crippen LogP contribution < -0.4 is 5.32 Å². The summed E-state index contributed by atoms with van der Waals surface area (Å²) in [6.07, 6.45) is 0.720. The van der Waals surface area contributed by atoms with Crippen molar-refractivity contribution in [3.05, 3.63) is 101 Å². The summed E-state index contributed by atoms with van der Waals surface area (Å²) in [5, 5.41) is 2.71. The van der Waals surface area contributed by atoms with Crippen molar-refractivity contribution in [1.29, 1.82) is 0 Å². The lowest BCUT2D eigenvalue weighted by Crippen LogP contribution is -2.16. The van der Waals surface area contributed by atoms with E-state index >= 15 is 0 Å². The number of amides is 1. The monoisotopic (exact) mass is 415 g/mol. The first kappa shape index (κ1) is 21.6. The van der Waals surface area contributed by atoms with Gasteiger partial charge in [0.25, 0.3) is 5.91 Å². The van der Waals surface area contributed by atoms with E-state index in [1.165, 1.54) is 30.3 Å². The molecule has 6 nitrogen and oxygen atoms in total. The maximum Gasteiger partial charge on any atom is 0.338 e. The van der Waals surface area contributed by atoms with Crippen LogP contribution >= 0.6 is 0 Å². The minimum Gasteiger partial charge on any atom is -0.462 e. The lowest BCUT2D eigenvalue weighted by molar-refractivity contribution is 0.0505. The molecule has 0 bridgehead atoms. The van der Waals surface area contributed by atoms with Crippen LogP contribution in [0.3, 0.4) is 0 Å². The molecule has 1 amide bonds. The predicted octanol–water partition coefficient (Wildman–Crippen LogP) is 4.57. The Balaban J connectivity index is 1.67. The van der Waals surface area contributed by atoms with Crippen molar-refractivity contribution < 1.29 is 23.9 Å². The Morgan fingerprint density at radius 2 is 1.29 bits per heavy atom. The highest BCUT2D eigenvalue weighted by atomic mass is 16.5. The Labute approximate surface area is 179 Å². The fourth-order valence-electron chi connectivity index (χ4n) is 2.83. The summed E-state index contributed by atoms with van der Waals surface area (Å²) in [4.78, 5) is 49.2. The van der Waals surface area contributed by atoms with Crippen LogP contribution in [0.5, 0.6) is 0 Å². The number of Topliss-reactive ketones (excluding diaryl/α,β-unsaturated/α-hetero) is 2. The molecule has 0 atom stereocenters. The highest BCUT2D eigenvalue weighted by molar-refractivity contribution is 6.49. The molecule has 0 aromatic heterocycles. The topological polar surface area (TPSA) is 89.5 Å². The predicted molar refractivity (Wildman–Crippen MR) is 117 cm³/mol. The molecule has 0 aliphatic rings. The van der Waals surface area contributed by atoms with Gasteiger partial charge in [-0.15, -0.1) is 0 Å². The van der Waals surface area contributed by atoms with Crippen LogP contribution in [-0.2, 0) is 4.74 Å². The van der Waals surface area contributed by atoms with Gasteiger partial charge in [-0.25, -0.2) is 4.79 Å².